The second-order valence-electron chi connectivity index (χ2n) is 4.07. The Kier molecular flexibility index (Phi) is 4.04. The van der Waals surface area contributed by atoms with Gasteiger partial charge in [0.1, 0.15) is 0 Å². The van der Waals surface area contributed by atoms with Gasteiger partial charge in [-0.1, -0.05) is 29.0 Å². The van der Waals surface area contributed by atoms with E-state index in [9.17, 15) is 4.79 Å². The largest absolute Gasteiger partial charge is 0.361 e. The van der Waals surface area contributed by atoms with E-state index in [1.807, 2.05) is 18.2 Å². The van der Waals surface area contributed by atoms with Crippen LogP contribution < -0.4 is 5.32 Å². The zero-order chi connectivity index (χ0) is 13.1. The van der Waals surface area contributed by atoms with Gasteiger partial charge in [0.25, 0.3) is 0 Å². The third-order valence-electron chi connectivity index (χ3n) is 2.48. The summed E-state index contributed by atoms with van der Waals surface area (Å²) in [6.07, 6.45) is 0.455. The molecule has 18 heavy (non-hydrogen) atoms. The molecule has 0 atom stereocenters. The van der Waals surface area contributed by atoms with Gasteiger partial charge >= 0.3 is 0 Å². The van der Waals surface area contributed by atoms with Crippen LogP contribution in [-0.2, 0) is 4.79 Å². The van der Waals surface area contributed by atoms with Crippen LogP contribution in [0.4, 0.5) is 5.13 Å². The minimum absolute atomic E-state index is 0.0987. The number of thiazole rings is 1. The van der Waals surface area contributed by atoms with Gasteiger partial charge in [0.2, 0.25) is 5.91 Å². The number of halogens is 1. The van der Waals surface area contributed by atoms with E-state index in [2.05, 4.69) is 10.3 Å². The van der Waals surface area contributed by atoms with Gasteiger partial charge < -0.3 is 10.2 Å². The van der Waals surface area contributed by atoms with Crippen molar-refractivity contribution >= 4 is 44.2 Å². The quantitative estimate of drug-likeness (QED) is 0.938. The van der Waals surface area contributed by atoms with E-state index in [0.29, 0.717) is 18.0 Å². The minimum atomic E-state index is 0.0987. The van der Waals surface area contributed by atoms with Crippen LogP contribution in [-0.4, -0.2) is 36.4 Å². The fourth-order valence-electron chi connectivity index (χ4n) is 1.49. The number of hydrogen-bond acceptors (Lipinski definition) is 4. The number of amides is 1. The Morgan fingerprint density at radius 1 is 1.50 bits per heavy atom. The van der Waals surface area contributed by atoms with Crippen molar-refractivity contribution in [3.05, 3.63) is 23.2 Å². The molecule has 0 aliphatic heterocycles. The van der Waals surface area contributed by atoms with Crippen LogP contribution in [0.2, 0.25) is 5.02 Å². The first-order chi connectivity index (χ1) is 8.58. The van der Waals surface area contributed by atoms with Gasteiger partial charge in [0, 0.05) is 27.1 Å². The van der Waals surface area contributed by atoms with Gasteiger partial charge in [-0.05, 0) is 12.1 Å². The lowest BCUT2D eigenvalue weighted by molar-refractivity contribution is -0.128. The smallest absolute Gasteiger partial charge is 0.223 e. The molecule has 1 N–H and O–H groups in total. The Balaban J connectivity index is 2.00. The van der Waals surface area contributed by atoms with Gasteiger partial charge in [-0.2, -0.15) is 0 Å². The Labute approximate surface area is 115 Å². The normalized spacial score (nSPS) is 10.6. The summed E-state index contributed by atoms with van der Waals surface area (Å²) in [6, 6.07) is 5.65. The molecule has 1 amide bonds. The number of hydrogen-bond donors (Lipinski definition) is 1. The number of anilines is 1. The third kappa shape index (κ3) is 2.91. The summed E-state index contributed by atoms with van der Waals surface area (Å²) in [7, 11) is 3.50. The highest BCUT2D eigenvalue weighted by molar-refractivity contribution is 7.22. The molecule has 1 aromatic heterocycles. The van der Waals surface area contributed by atoms with Crippen LogP contribution in [0.3, 0.4) is 0 Å². The molecule has 0 radical (unpaired) electrons. The Morgan fingerprint density at radius 2 is 2.28 bits per heavy atom. The average Bonchev–Trinajstić information content (AvgIpc) is 2.73. The molecule has 0 unspecified atom stereocenters. The van der Waals surface area contributed by atoms with Crippen LogP contribution >= 0.6 is 22.9 Å². The molecule has 6 heteroatoms. The second-order valence-corrected chi connectivity index (χ2v) is 5.48. The SMILES string of the molecule is CN(C)C(=O)CCNc1nc2cccc(Cl)c2s1. The van der Waals surface area contributed by atoms with Crippen LogP contribution in [0.15, 0.2) is 18.2 Å². The molecule has 2 aromatic rings. The first kappa shape index (κ1) is 13.1. The van der Waals surface area contributed by atoms with E-state index in [4.69, 9.17) is 11.6 Å². The highest BCUT2D eigenvalue weighted by Gasteiger charge is 2.07. The fraction of sp³-hybridized carbons (Fsp3) is 0.333. The number of fused-ring (bicyclic) bond motifs is 1. The lowest BCUT2D eigenvalue weighted by Crippen LogP contribution is -2.23. The van der Waals surface area contributed by atoms with Crippen molar-refractivity contribution < 1.29 is 4.79 Å². The van der Waals surface area contributed by atoms with E-state index < -0.39 is 0 Å². The van der Waals surface area contributed by atoms with Crippen LogP contribution in [0.5, 0.6) is 0 Å². The zero-order valence-electron chi connectivity index (χ0n) is 10.2. The summed E-state index contributed by atoms with van der Waals surface area (Å²) in [5, 5.41) is 4.65. The topological polar surface area (TPSA) is 45.2 Å². The summed E-state index contributed by atoms with van der Waals surface area (Å²) in [5.41, 5.74) is 0.883. The molecule has 4 nitrogen and oxygen atoms in total. The predicted octanol–water partition coefficient (Wildman–Crippen LogP) is 2.84. The lowest BCUT2D eigenvalue weighted by Gasteiger charge is -2.09. The number of carbonyl (C=O) groups is 1. The maximum Gasteiger partial charge on any atom is 0.223 e. The molecular weight excluding hydrogens is 270 g/mol. The maximum absolute atomic E-state index is 11.4. The summed E-state index contributed by atoms with van der Waals surface area (Å²) in [5.74, 6) is 0.0987. The molecule has 2 rings (SSSR count). The molecule has 0 spiro atoms. The van der Waals surface area contributed by atoms with Crippen molar-refractivity contribution in [1.29, 1.82) is 0 Å². The van der Waals surface area contributed by atoms with Crippen molar-refractivity contribution in [2.45, 2.75) is 6.42 Å². The van der Waals surface area contributed by atoms with E-state index in [1.165, 1.54) is 11.3 Å². The summed E-state index contributed by atoms with van der Waals surface area (Å²) < 4.78 is 0.973. The van der Waals surface area contributed by atoms with Crippen molar-refractivity contribution in [2.75, 3.05) is 26.0 Å². The average molecular weight is 284 g/mol. The van der Waals surface area contributed by atoms with Gasteiger partial charge in [0.15, 0.2) is 5.13 Å². The van der Waals surface area contributed by atoms with Gasteiger partial charge in [-0.3, -0.25) is 4.79 Å². The second kappa shape index (κ2) is 5.54. The van der Waals surface area contributed by atoms with Crippen LogP contribution in [0.1, 0.15) is 6.42 Å². The monoisotopic (exact) mass is 283 g/mol. The highest BCUT2D eigenvalue weighted by atomic mass is 35.5. The highest BCUT2D eigenvalue weighted by Crippen LogP contribution is 2.31. The molecule has 1 aromatic carbocycles. The van der Waals surface area contributed by atoms with Crippen molar-refractivity contribution in [3.63, 3.8) is 0 Å². The number of rotatable bonds is 4. The molecule has 0 aliphatic rings. The summed E-state index contributed by atoms with van der Waals surface area (Å²) >= 11 is 7.58. The first-order valence-corrected chi connectivity index (χ1v) is 6.76. The number of nitrogens with zero attached hydrogens (tertiary/aromatic N) is 2. The van der Waals surface area contributed by atoms with Gasteiger partial charge in [-0.15, -0.1) is 0 Å². The van der Waals surface area contributed by atoms with Crippen molar-refractivity contribution in [2.24, 2.45) is 0 Å². The predicted molar refractivity (Wildman–Crippen MR) is 76.4 cm³/mol. The van der Waals surface area contributed by atoms with Gasteiger partial charge in [-0.25, -0.2) is 4.98 Å². The number of nitrogens with one attached hydrogen (secondary N) is 1. The fourth-order valence-corrected chi connectivity index (χ4v) is 2.67. The lowest BCUT2D eigenvalue weighted by atomic mass is 10.3. The molecular formula is C12H14ClN3OS. The van der Waals surface area contributed by atoms with E-state index >= 15 is 0 Å². The molecule has 1 heterocycles. The van der Waals surface area contributed by atoms with E-state index in [1.54, 1.807) is 19.0 Å². The zero-order valence-corrected chi connectivity index (χ0v) is 11.8. The van der Waals surface area contributed by atoms with Gasteiger partial charge in [0.05, 0.1) is 15.2 Å². The molecule has 0 aliphatic carbocycles. The Hall–Kier alpha value is -1.33. The van der Waals surface area contributed by atoms with Crippen LogP contribution in [0, 0.1) is 0 Å². The third-order valence-corrected chi connectivity index (χ3v) is 3.97. The Bertz CT molecular complexity index is 567. The van der Waals surface area contributed by atoms with Crippen molar-refractivity contribution in [3.8, 4) is 0 Å². The summed E-state index contributed by atoms with van der Waals surface area (Å²) in [6.45, 7) is 0.578. The Morgan fingerprint density at radius 3 is 2.94 bits per heavy atom. The minimum Gasteiger partial charge on any atom is -0.361 e. The standard InChI is InChI=1S/C12H14ClN3OS/c1-16(2)10(17)6-7-14-12-15-9-5-3-4-8(13)11(9)18-12/h3-5H,6-7H2,1-2H3,(H,14,15). The molecule has 0 saturated heterocycles. The van der Waals surface area contributed by atoms with Crippen LogP contribution in [0.25, 0.3) is 10.2 Å². The molecule has 0 fully saturated rings. The molecule has 0 saturated carbocycles. The maximum atomic E-state index is 11.4. The summed E-state index contributed by atoms with van der Waals surface area (Å²) in [4.78, 5) is 17.4. The van der Waals surface area contributed by atoms with E-state index in [-0.39, 0.29) is 5.91 Å². The number of benzene rings is 1. The van der Waals surface area contributed by atoms with E-state index in [0.717, 1.165) is 15.3 Å². The van der Waals surface area contributed by atoms with Crippen molar-refractivity contribution in [1.82, 2.24) is 9.88 Å². The number of aromatic nitrogens is 1. The molecule has 96 valence electrons. The number of carbonyl (C=O) groups excluding carboxylic acids is 1. The molecule has 0 bridgehead atoms. The first-order valence-electron chi connectivity index (χ1n) is 5.57.